The topological polar surface area (TPSA) is 61.6 Å². The Morgan fingerprint density at radius 1 is 0.963 bits per heavy atom. The second-order valence-corrected chi connectivity index (χ2v) is 6.54. The lowest BCUT2D eigenvalue weighted by Gasteiger charge is -2.06. The number of benzene rings is 2. The van der Waals surface area contributed by atoms with Crippen molar-refractivity contribution in [1.82, 2.24) is 9.97 Å². The Bertz CT molecular complexity index is 914. The molecule has 0 fully saturated rings. The predicted octanol–water partition coefficient (Wildman–Crippen LogP) is 5.57. The molecule has 1 aromatic heterocycles. The Morgan fingerprint density at radius 2 is 1.59 bits per heavy atom. The van der Waals surface area contributed by atoms with E-state index < -0.39 is 0 Å². The van der Waals surface area contributed by atoms with E-state index in [-0.39, 0.29) is 0 Å². The van der Waals surface area contributed by atoms with Gasteiger partial charge in [-0.25, -0.2) is 9.97 Å². The number of nitrogens with zero attached hydrogens (tertiary/aromatic N) is 3. The van der Waals surface area contributed by atoms with E-state index in [1.54, 1.807) is 18.3 Å². The Balaban J connectivity index is 0.000000208. The molecular weight excluding hydrogens is 332 g/mol. The third-order valence-electron chi connectivity index (χ3n) is 4.46. The number of nitriles is 1. The van der Waals surface area contributed by atoms with Crippen LogP contribution in [0.5, 0.6) is 0 Å². The van der Waals surface area contributed by atoms with Gasteiger partial charge in [-0.05, 0) is 86.7 Å². The predicted molar refractivity (Wildman–Crippen MR) is 111 cm³/mol. The number of aryl methyl sites for hydroxylation is 4. The molecule has 1 N–H and O–H groups in total. The van der Waals surface area contributed by atoms with Crippen LogP contribution < -0.4 is 5.32 Å². The Hall–Kier alpha value is -3.19. The maximum atomic E-state index is 8.66. The van der Waals surface area contributed by atoms with Gasteiger partial charge in [0.2, 0.25) is 5.95 Å². The molecule has 0 saturated heterocycles. The molecule has 0 aliphatic rings. The molecule has 2 aromatic carbocycles. The van der Waals surface area contributed by atoms with Gasteiger partial charge >= 0.3 is 0 Å². The summed E-state index contributed by atoms with van der Waals surface area (Å²) in [5.41, 5.74) is 8.13. The molecule has 0 aliphatic carbocycles. The van der Waals surface area contributed by atoms with Gasteiger partial charge in [0.25, 0.3) is 0 Å². The highest BCUT2D eigenvalue weighted by atomic mass is 15.1. The minimum atomic E-state index is 0.560. The fourth-order valence-electron chi connectivity index (χ4n) is 2.60. The van der Waals surface area contributed by atoms with Crippen molar-refractivity contribution in [2.75, 3.05) is 5.32 Å². The summed E-state index contributed by atoms with van der Waals surface area (Å²) in [7, 11) is 0. The van der Waals surface area contributed by atoms with Crippen LogP contribution in [0.3, 0.4) is 0 Å². The van der Waals surface area contributed by atoms with E-state index in [0.717, 1.165) is 17.8 Å². The molecule has 0 saturated carbocycles. The zero-order chi connectivity index (χ0) is 19.8. The maximum Gasteiger partial charge on any atom is 0.227 e. The summed E-state index contributed by atoms with van der Waals surface area (Å²) in [4.78, 5) is 8.31. The zero-order valence-corrected chi connectivity index (χ0v) is 16.7. The van der Waals surface area contributed by atoms with Crippen LogP contribution in [-0.4, -0.2) is 9.97 Å². The van der Waals surface area contributed by atoms with E-state index in [4.69, 9.17) is 5.26 Å². The lowest BCUT2D eigenvalue weighted by atomic mass is 10.00. The molecule has 27 heavy (non-hydrogen) atoms. The second-order valence-electron chi connectivity index (χ2n) is 6.54. The molecule has 4 heteroatoms. The Kier molecular flexibility index (Phi) is 7.08. The van der Waals surface area contributed by atoms with E-state index in [0.29, 0.717) is 11.5 Å². The van der Waals surface area contributed by atoms with Gasteiger partial charge < -0.3 is 5.32 Å². The van der Waals surface area contributed by atoms with Crippen LogP contribution in [0.25, 0.3) is 0 Å². The van der Waals surface area contributed by atoms with E-state index in [1.807, 2.05) is 25.1 Å². The van der Waals surface area contributed by atoms with Crippen molar-refractivity contribution >= 4 is 11.6 Å². The monoisotopic (exact) mass is 358 g/mol. The highest BCUT2D eigenvalue weighted by molar-refractivity contribution is 5.54. The molecule has 3 rings (SSSR count). The summed E-state index contributed by atoms with van der Waals surface area (Å²) in [6.45, 7) is 10.7. The zero-order valence-electron chi connectivity index (χ0n) is 16.7. The summed E-state index contributed by atoms with van der Waals surface area (Å²) in [5, 5.41) is 11.7. The van der Waals surface area contributed by atoms with Crippen LogP contribution in [0.1, 0.15) is 40.4 Å². The fraction of sp³-hybridized carbons (Fsp3) is 0.261. The van der Waals surface area contributed by atoms with Crippen molar-refractivity contribution < 1.29 is 0 Å². The van der Waals surface area contributed by atoms with Crippen molar-refractivity contribution in [1.29, 1.82) is 5.26 Å². The van der Waals surface area contributed by atoms with Gasteiger partial charge in [0, 0.05) is 17.6 Å². The standard InChI is InChI=1S/C12H10N4.C11H16/c1-9-6-7-14-12(15-9)16-11-4-2-10(8-13)3-5-11;1-5-11-6-8(2)10(4)9(3)7-11/h2-7H,1H3,(H,14,15,16);6-7H,5H2,1-4H3. The maximum absolute atomic E-state index is 8.66. The third-order valence-corrected chi connectivity index (χ3v) is 4.46. The quantitative estimate of drug-likeness (QED) is 0.664. The van der Waals surface area contributed by atoms with Crippen LogP contribution in [-0.2, 0) is 6.42 Å². The number of rotatable bonds is 3. The number of nitrogens with one attached hydrogen (secondary N) is 1. The summed E-state index contributed by atoms with van der Waals surface area (Å²) in [6.07, 6.45) is 2.84. The van der Waals surface area contributed by atoms with Crippen LogP contribution >= 0.6 is 0 Å². The smallest absolute Gasteiger partial charge is 0.227 e. The number of hydrogen-bond donors (Lipinski definition) is 1. The third kappa shape index (κ3) is 5.93. The minimum Gasteiger partial charge on any atom is -0.324 e. The molecule has 3 aromatic rings. The highest BCUT2D eigenvalue weighted by Crippen LogP contribution is 2.15. The van der Waals surface area contributed by atoms with Crippen LogP contribution in [0.4, 0.5) is 11.6 Å². The van der Waals surface area contributed by atoms with Crippen molar-refractivity contribution in [3.05, 3.63) is 82.2 Å². The molecule has 1 heterocycles. The van der Waals surface area contributed by atoms with Crippen LogP contribution in [0, 0.1) is 39.0 Å². The summed E-state index contributed by atoms with van der Waals surface area (Å²) in [5.74, 6) is 0.560. The fourth-order valence-corrected chi connectivity index (χ4v) is 2.60. The molecule has 0 amide bonds. The van der Waals surface area contributed by atoms with E-state index in [1.165, 1.54) is 22.3 Å². The number of hydrogen-bond acceptors (Lipinski definition) is 4. The lowest BCUT2D eigenvalue weighted by Crippen LogP contribution is -1.97. The first-order valence-corrected chi connectivity index (χ1v) is 9.06. The van der Waals surface area contributed by atoms with E-state index in [2.05, 4.69) is 61.2 Å². The number of anilines is 2. The molecule has 0 aliphatic heterocycles. The SMILES string of the molecule is CCc1cc(C)c(C)c(C)c1.Cc1ccnc(Nc2ccc(C#N)cc2)n1. The molecule has 0 bridgehead atoms. The largest absolute Gasteiger partial charge is 0.324 e. The van der Waals surface area contributed by atoms with Crippen LogP contribution in [0.15, 0.2) is 48.7 Å². The second kappa shape index (κ2) is 9.49. The summed E-state index contributed by atoms with van der Waals surface area (Å²) >= 11 is 0. The highest BCUT2D eigenvalue weighted by Gasteiger charge is 1.99. The Labute approximate surface area is 161 Å². The van der Waals surface area contributed by atoms with Crippen molar-refractivity contribution in [3.63, 3.8) is 0 Å². The minimum absolute atomic E-state index is 0.560. The average molecular weight is 358 g/mol. The summed E-state index contributed by atoms with van der Waals surface area (Å²) in [6, 6.07) is 15.6. The Morgan fingerprint density at radius 3 is 2.11 bits per heavy atom. The number of aromatic nitrogens is 2. The first-order valence-electron chi connectivity index (χ1n) is 9.06. The molecule has 0 radical (unpaired) electrons. The van der Waals surface area contributed by atoms with E-state index >= 15 is 0 Å². The molecule has 4 nitrogen and oxygen atoms in total. The van der Waals surface area contributed by atoms with Gasteiger partial charge in [0.1, 0.15) is 0 Å². The van der Waals surface area contributed by atoms with Gasteiger partial charge in [-0.1, -0.05) is 19.1 Å². The molecule has 0 unspecified atom stereocenters. The van der Waals surface area contributed by atoms with Gasteiger partial charge in [-0.3, -0.25) is 0 Å². The molecular formula is C23H26N4. The van der Waals surface area contributed by atoms with Crippen LogP contribution in [0.2, 0.25) is 0 Å². The average Bonchev–Trinajstić information content (AvgIpc) is 2.67. The van der Waals surface area contributed by atoms with Gasteiger partial charge in [-0.2, -0.15) is 5.26 Å². The van der Waals surface area contributed by atoms with Gasteiger partial charge in [0.15, 0.2) is 0 Å². The first kappa shape index (κ1) is 20.1. The lowest BCUT2D eigenvalue weighted by molar-refractivity contribution is 1.11. The molecule has 138 valence electrons. The normalized spacial score (nSPS) is 9.78. The first-order chi connectivity index (χ1) is 12.9. The van der Waals surface area contributed by atoms with Crippen molar-refractivity contribution in [2.24, 2.45) is 0 Å². The van der Waals surface area contributed by atoms with Crippen molar-refractivity contribution in [2.45, 2.75) is 41.0 Å². The molecule has 0 spiro atoms. The summed E-state index contributed by atoms with van der Waals surface area (Å²) < 4.78 is 0. The molecule has 0 atom stereocenters. The van der Waals surface area contributed by atoms with Crippen molar-refractivity contribution in [3.8, 4) is 6.07 Å². The van der Waals surface area contributed by atoms with Gasteiger partial charge in [0.05, 0.1) is 11.6 Å². The van der Waals surface area contributed by atoms with Gasteiger partial charge in [-0.15, -0.1) is 0 Å². The van der Waals surface area contributed by atoms with E-state index in [9.17, 15) is 0 Å².